The zero-order chi connectivity index (χ0) is 10.8. The van der Waals surface area contributed by atoms with Crippen molar-refractivity contribution in [3.8, 4) is 0 Å². The number of aromatic nitrogens is 1. The number of amides is 1. The third kappa shape index (κ3) is 2.15. The Morgan fingerprint density at radius 1 is 1.47 bits per heavy atom. The molecule has 2 heterocycles. The first kappa shape index (κ1) is 10.1. The molecule has 1 aromatic rings. The van der Waals surface area contributed by atoms with E-state index in [0.29, 0.717) is 11.4 Å². The van der Waals surface area contributed by atoms with E-state index < -0.39 is 7.12 Å². The Morgan fingerprint density at radius 3 is 3.00 bits per heavy atom. The molecule has 0 atom stereocenters. The SMILES string of the molecule is O=C1COCc2cc(B(O)O)cnc2N1. The van der Waals surface area contributed by atoms with Gasteiger partial charge in [-0.05, 0) is 0 Å². The maximum absolute atomic E-state index is 11.1. The van der Waals surface area contributed by atoms with E-state index in [1.807, 2.05) is 0 Å². The van der Waals surface area contributed by atoms with Gasteiger partial charge in [-0.15, -0.1) is 0 Å². The van der Waals surface area contributed by atoms with Gasteiger partial charge < -0.3 is 20.1 Å². The monoisotopic (exact) mass is 208 g/mol. The van der Waals surface area contributed by atoms with E-state index in [-0.39, 0.29) is 24.6 Å². The van der Waals surface area contributed by atoms with Crippen LogP contribution in [0.1, 0.15) is 5.56 Å². The molecule has 0 radical (unpaired) electrons. The highest BCUT2D eigenvalue weighted by molar-refractivity contribution is 6.58. The van der Waals surface area contributed by atoms with Gasteiger partial charge in [-0.1, -0.05) is 6.07 Å². The van der Waals surface area contributed by atoms with Crippen LogP contribution in [0.25, 0.3) is 0 Å². The van der Waals surface area contributed by atoms with Gasteiger partial charge in [-0.25, -0.2) is 4.98 Å². The Bertz CT molecular complexity index is 396. The van der Waals surface area contributed by atoms with Crippen LogP contribution in [0.5, 0.6) is 0 Å². The Morgan fingerprint density at radius 2 is 2.27 bits per heavy atom. The van der Waals surface area contributed by atoms with Crippen molar-refractivity contribution in [2.24, 2.45) is 0 Å². The quantitative estimate of drug-likeness (QED) is 0.475. The molecule has 1 aliphatic heterocycles. The fraction of sp³-hybridized carbons (Fsp3) is 0.250. The lowest BCUT2D eigenvalue weighted by Gasteiger charge is -2.06. The summed E-state index contributed by atoms with van der Waals surface area (Å²) < 4.78 is 5.05. The van der Waals surface area contributed by atoms with Crippen molar-refractivity contribution in [1.29, 1.82) is 0 Å². The van der Waals surface area contributed by atoms with E-state index >= 15 is 0 Å². The van der Waals surface area contributed by atoms with Crippen molar-refractivity contribution in [3.05, 3.63) is 17.8 Å². The van der Waals surface area contributed by atoms with E-state index in [9.17, 15) is 4.79 Å². The minimum absolute atomic E-state index is 0.0205. The largest absolute Gasteiger partial charge is 0.490 e. The molecule has 0 aliphatic carbocycles. The van der Waals surface area contributed by atoms with E-state index in [1.54, 1.807) is 6.07 Å². The maximum atomic E-state index is 11.1. The number of nitrogens with one attached hydrogen (secondary N) is 1. The van der Waals surface area contributed by atoms with Gasteiger partial charge in [-0.2, -0.15) is 0 Å². The van der Waals surface area contributed by atoms with Crippen LogP contribution in [0, 0.1) is 0 Å². The van der Waals surface area contributed by atoms with Crippen LogP contribution in [-0.4, -0.2) is 34.7 Å². The molecule has 0 fully saturated rings. The zero-order valence-electron chi connectivity index (χ0n) is 7.80. The highest BCUT2D eigenvalue weighted by atomic mass is 16.5. The average Bonchev–Trinajstić information content (AvgIpc) is 2.37. The number of fused-ring (bicyclic) bond motifs is 1. The fourth-order valence-corrected chi connectivity index (χ4v) is 1.31. The summed E-state index contributed by atoms with van der Waals surface area (Å²) in [5.41, 5.74) is 0.903. The first-order chi connectivity index (χ1) is 7.16. The smallest absolute Gasteiger partial charge is 0.423 e. The van der Waals surface area contributed by atoms with Crippen molar-refractivity contribution in [2.45, 2.75) is 6.61 Å². The molecule has 1 amide bonds. The molecule has 78 valence electrons. The topological polar surface area (TPSA) is 91.7 Å². The van der Waals surface area contributed by atoms with Crippen molar-refractivity contribution in [1.82, 2.24) is 4.98 Å². The summed E-state index contributed by atoms with van der Waals surface area (Å²) in [5, 5.41) is 20.4. The third-order valence-corrected chi connectivity index (χ3v) is 2.03. The highest BCUT2D eigenvalue weighted by Gasteiger charge is 2.18. The standard InChI is InChI=1S/C8H9BN2O4/c12-7-4-15-3-5-1-6(9(13)14)2-10-8(5)11-7/h1-2,13-14H,3-4H2,(H,10,11,12). The lowest BCUT2D eigenvalue weighted by Crippen LogP contribution is -2.31. The van der Waals surface area contributed by atoms with Crippen molar-refractivity contribution < 1.29 is 19.6 Å². The van der Waals surface area contributed by atoms with E-state index in [1.165, 1.54) is 6.20 Å². The molecule has 1 aromatic heterocycles. The first-order valence-corrected chi connectivity index (χ1v) is 4.39. The number of rotatable bonds is 1. The predicted octanol–water partition coefficient (Wildman–Crippen LogP) is -1.77. The van der Waals surface area contributed by atoms with Crippen LogP contribution < -0.4 is 10.8 Å². The van der Waals surface area contributed by atoms with Gasteiger partial charge in [0.1, 0.15) is 12.4 Å². The molecule has 0 saturated heterocycles. The Labute approximate surface area is 86.0 Å². The lowest BCUT2D eigenvalue weighted by molar-refractivity contribution is -0.120. The summed E-state index contributed by atoms with van der Waals surface area (Å²) in [5.74, 6) is 0.139. The number of hydrogen-bond donors (Lipinski definition) is 3. The molecule has 3 N–H and O–H groups in total. The number of pyridine rings is 1. The highest BCUT2D eigenvalue weighted by Crippen LogP contribution is 2.14. The van der Waals surface area contributed by atoms with Gasteiger partial charge in [0.25, 0.3) is 5.91 Å². The maximum Gasteiger partial charge on any atom is 0.490 e. The number of carbonyl (C=O) groups excluding carboxylic acids is 1. The van der Waals surface area contributed by atoms with Crippen LogP contribution in [0.3, 0.4) is 0 Å². The second kappa shape index (κ2) is 3.97. The zero-order valence-corrected chi connectivity index (χ0v) is 7.80. The number of hydrogen-bond acceptors (Lipinski definition) is 5. The summed E-state index contributed by atoms with van der Waals surface area (Å²) in [6, 6.07) is 1.54. The molecule has 7 heteroatoms. The van der Waals surface area contributed by atoms with E-state index in [4.69, 9.17) is 14.8 Å². The molecule has 0 saturated carbocycles. The van der Waals surface area contributed by atoms with Crippen molar-refractivity contribution >= 4 is 24.3 Å². The molecule has 0 spiro atoms. The number of carbonyl (C=O) groups is 1. The Hall–Kier alpha value is -1.44. The molecule has 6 nitrogen and oxygen atoms in total. The van der Waals surface area contributed by atoms with Gasteiger partial charge >= 0.3 is 7.12 Å². The summed E-state index contributed by atoms with van der Waals surface area (Å²) in [7, 11) is -1.57. The van der Waals surface area contributed by atoms with E-state index in [0.717, 1.165) is 0 Å². The molecule has 1 aliphatic rings. The van der Waals surface area contributed by atoms with Gasteiger partial charge in [0.05, 0.1) is 6.61 Å². The molecule has 2 rings (SSSR count). The Kier molecular flexibility index (Phi) is 2.67. The van der Waals surface area contributed by atoms with E-state index in [2.05, 4.69) is 10.3 Å². The number of nitrogens with zero attached hydrogens (tertiary/aromatic N) is 1. The normalized spacial score (nSPS) is 15.2. The molecule has 0 aromatic carbocycles. The summed E-state index contributed by atoms with van der Waals surface area (Å²) in [4.78, 5) is 15.0. The van der Waals surface area contributed by atoms with Crippen LogP contribution in [0.15, 0.2) is 12.3 Å². The molecular formula is C8H9BN2O4. The summed E-state index contributed by atoms with van der Waals surface area (Å²) in [6.45, 7) is 0.203. The van der Waals surface area contributed by atoms with Crippen molar-refractivity contribution in [2.75, 3.05) is 11.9 Å². The van der Waals surface area contributed by atoms with Gasteiger partial charge in [-0.3, -0.25) is 4.79 Å². The average molecular weight is 208 g/mol. The van der Waals surface area contributed by atoms with Gasteiger partial charge in [0, 0.05) is 17.2 Å². The number of ether oxygens (including phenoxy) is 1. The first-order valence-electron chi connectivity index (χ1n) is 4.39. The summed E-state index contributed by atoms with van der Waals surface area (Å²) >= 11 is 0. The van der Waals surface area contributed by atoms with Crippen LogP contribution >= 0.6 is 0 Å². The van der Waals surface area contributed by atoms with Crippen molar-refractivity contribution in [3.63, 3.8) is 0 Å². The molecule has 0 bridgehead atoms. The lowest BCUT2D eigenvalue weighted by atomic mass is 9.81. The molecular weight excluding hydrogens is 199 g/mol. The second-order valence-electron chi connectivity index (χ2n) is 3.19. The Balaban J connectivity index is 2.35. The fourth-order valence-electron chi connectivity index (χ4n) is 1.31. The van der Waals surface area contributed by atoms with Crippen LogP contribution in [0.2, 0.25) is 0 Å². The van der Waals surface area contributed by atoms with Crippen LogP contribution in [-0.2, 0) is 16.1 Å². The summed E-state index contributed by atoms with van der Waals surface area (Å²) in [6.07, 6.45) is 1.30. The second-order valence-corrected chi connectivity index (χ2v) is 3.19. The molecule has 0 unspecified atom stereocenters. The van der Waals surface area contributed by atoms with Gasteiger partial charge in [0.2, 0.25) is 0 Å². The van der Waals surface area contributed by atoms with Gasteiger partial charge in [0.15, 0.2) is 0 Å². The number of anilines is 1. The third-order valence-electron chi connectivity index (χ3n) is 2.03. The minimum atomic E-state index is -1.57. The minimum Gasteiger partial charge on any atom is -0.423 e. The molecule has 15 heavy (non-hydrogen) atoms. The predicted molar refractivity (Wildman–Crippen MR) is 52.3 cm³/mol. The van der Waals surface area contributed by atoms with Crippen LogP contribution in [0.4, 0.5) is 5.82 Å².